The first-order chi connectivity index (χ1) is 9.45. The Morgan fingerprint density at radius 2 is 2.25 bits per heavy atom. The molecule has 0 bridgehead atoms. The van der Waals surface area contributed by atoms with E-state index in [2.05, 4.69) is 11.3 Å². The second kappa shape index (κ2) is 5.76. The second-order valence-electron chi connectivity index (χ2n) is 4.69. The summed E-state index contributed by atoms with van der Waals surface area (Å²) >= 11 is 0. The lowest BCUT2D eigenvalue weighted by atomic mass is 10.2. The molecule has 1 aliphatic rings. The largest absolute Gasteiger partial charge is 0.312 e. The fraction of sp³-hybridized carbons (Fsp3) is 0.357. The van der Waals surface area contributed by atoms with E-state index >= 15 is 0 Å². The number of hydrogen-bond donors (Lipinski definition) is 1. The summed E-state index contributed by atoms with van der Waals surface area (Å²) in [6.07, 6.45) is 2.93. The Balaban J connectivity index is 2.24. The molecule has 2 rings (SSSR count). The van der Waals surface area contributed by atoms with E-state index in [1.807, 2.05) is 0 Å². The van der Waals surface area contributed by atoms with Crippen LogP contribution in [0.2, 0.25) is 0 Å². The van der Waals surface area contributed by atoms with Gasteiger partial charge in [-0.2, -0.15) is 0 Å². The standard InChI is InChI=1S/C14H18N2O3S/c1-3-4-8-15-20(18,19)13-5-6-14-12(10-13)7-9-16(14)11(2)17/h3,5-6,10,15H,1,4,7-9H2,2H3. The van der Waals surface area contributed by atoms with Crippen LogP contribution in [0.25, 0.3) is 0 Å². The molecule has 0 aromatic heterocycles. The predicted molar refractivity (Wildman–Crippen MR) is 78.2 cm³/mol. The third kappa shape index (κ3) is 2.91. The van der Waals surface area contributed by atoms with Gasteiger partial charge in [-0.3, -0.25) is 4.79 Å². The number of carbonyl (C=O) groups excluding carboxylic acids is 1. The maximum atomic E-state index is 12.1. The van der Waals surface area contributed by atoms with Gasteiger partial charge >= 0.3 is 0 Å². The molecule has 0 atom stereocenters. The van der Waals surface area contributed by atoms with Crippen LogP contribution < -0.4 is 9.62 Å². The first-order valence-corrected chi connectivity index (χ1v) is 7.95. The molecule has 0 saturated carbocycles. The van der Waals surface area contributed by atoms with Gasteiger partial charge in [0.05, 0.1) is 4.90 Å². The van der Waals surface area contributed by atoms with Crippen LogP contribution in [0.4, 0.5) is 5.69 Å². The summed E-state index contributed by atoms with van der Waals surface area (Å²) in [4.78, 5) is 13.4. The van der Waals surface area contributed by atoms with Gasteiger partial charge in [0.15, 0.2) is 0 Å². The van der Waals surface area contributed by atoms with Crippen LogP contribution >= 0.6 is 0 Å². The lowest BCUT2D eigenvalue weighted by Crippen LogP contribution is -2.26. The molecule has 20 heavy (non-hydrogen) atoms. The number of hydrogen-bond acceptors (Lipinski definition) is 3. The normalized spacial score (nSPS) is 14.2. The quantitative estimate of drug-likeness (QED) is 0.660. The molecule has 1 aliphatic heterocycles. The molecule has 0 spiro atoms. The Kier molecular flexibility index (Phi) is 4.25. The minimum absolute atomic E-state index is 0.0246. The van der Waals surface area contributed by atoms with Crippen molar-refractivity contribution < 1.29 is 13.2 Å². The third-order valence-electron chi connectivity index (χ3n) is 3.28. The van der Waals surface area contributed by atoms with Crippen LogP contribution in [0.15, 0.2) is 35.7 Å². The zero-order valence-corrected chi connectivity index (χ0v) is 12.2. The lowest BCUT2D eigenvalue weighted by Gasteiger charge is -2.15. The van der Waals surface area contributed by atoms with Crippen molar-refractivity contribution in [2.75, 3.05) is 18.0 Å². The Morgan fingerprint density at radius 3 is 2.90 bits per heavy atom. The number of anilines is 1. The van der Waals surface area contributed by atoms with Crippen molar-refractivity contribution in [3.8, 4) is 0 Å². The van der Waals surface area contributed by atoms with Crippen LogP contribution in [0.1, 0.15) is 18.9 Å². The smallest absolute Gasteiger partial charge is 0.240 e. The van der Waals surface area contributed by atoms with Crippen molar-refractivity contribution >= 4 is 21.6 Å². The summed E-state index contributed by atoms with van der Waals surface area (Å²) in [5.41, 5.74) is 1.70. The average Bonchev–Trinajstić information content (AvgIpc) is 2.81. The predicted octanol–water partition coefficient (Wildman–Crippen LogP) is 1.45. The van der Waals surface area contributed by atoms with E-state index < -0.39 is 10.0 Å². The van der Waals surface area contributed by atoms with Gasteiger partial charge in [0.2, 0.25) is 15.9 Å². The fourth-order valence-corrected chi connectivity index (χ4v) is 3.35. The van der Waals surface area contributed by atoms with Crippen LogP contribution in [-0.2, 0) is 21.2 Å². The van der Waals surface area contributed by atoms with Gasteiger partial charge in [0.25, 0.3) is 0 Å². The number of carbonyl (C=O) groups is 1. The zero-order valence-electron chi connectivity index (χ0n) is 11.4. The number of nitrogens with one attached hydrogen (secondary N) is 1. The SMILES string of the molecule is C=CCCNS(=O)(=O)c1ccc2c(c1)CCN2C(C)=O. The van der Waals surface area contributed by atoms with Crippen LogP contribution in [-0.4, -0.2) is 27.4 Å². The van der Waals surface area contributed by atoms with Gasteiger partial charge in [0, 0.05) is 25.7 Å². The minimum Gasteiger partial charge on any atom is -0.312 e. The highest BCUT2D eigenvalue weighted by atomic mass is 32.2. The van der Waals surface area contributed by atoms with Gasteiger partial charge in [-0.05, 0) is 36.6 Å². The van der Waals surface area contributed by atoms with Gasteiger partial charge in [-0.15, -0.1) is 6.58 Å². The molecule has 108 valence electrons. The third-order valence-corrected chi connectivity index (χ3v) is 4.74. The van der Waals surface area contributed by atoms with E-state index in [0.717, 1.165) is 11.3 Å². The van der Waals surface area contributed by atoms with E-state index in [0.29, 0.717) is 25.9 Å². The van der Waals surface area contributed by atoms with Crippen molar-refractivity contribution in [2.24, 2.45) is 0 Å². The van der Waals surface area contributed by atoms with Crippen molar-refractivity contribution in [1.29, 1.82) is 0 Å². The summed E-state index contributed by atoms with van der Waals surface area (Å²) < 4.78 is 26.7. The molecule has 0 radical (unpaired) electrons. The molecule has 6 heteroatoms. The molecule has 0 saturated heterocycles. The van der Waals surface area contributed by atoms with E-state index in [1.54, 1.807) is 23.1 Å². The second-order valence-corrected chi connectivity index (χ2v) is 6.45. The zero-order chi connectivity index (χ0) is 14.8. The van der Waals surface area contributed by atoms with Crippen LogP contribution in [0.3, 0.4) is 0 Å². The van der Waals surface area contributed by atoms with E-state index in [-0.39, 0.29) is 10.8 Å². The van der Waals surface area contributed by atoms with Crippen molar-refractivity contribution in [3.05, 3.63) is 36.4 Å². The molecule has 0 fully saturated rings. The molecule has 0 aliphatic carbocycles. The van der Waals surface area contributed by atoms with Crippen molar-refractivity contribution in [1.82, 2.24) is 4.72 Å². The van der Waals surface area contributed by atoms with Crippen LogP contribution in [0, 0.1) is 0 Å². The number of rotatable bonds is 5. The Morgan fingerprint density at radius 1 is 1.50 bits per heavy atom. The monoisotopic (exact) mass is 294 g/mol. The average molecular weight is 294 g/mol. The molecular weight excluding hydrogens is 276 g/mol. The van der Waals surface area contributed by atoms with E-state index in [4.69, 9.17) is 0 Å². The van der Waals surface area contributed by atoms with E-state index in [9.17, 15) is 13.2 Å². The summed E-state index contributed by atoms with van der Waals surface area (Å²) in [5, 5.41) is 0. The highest BCUT2D eigenvalue weighted by Gasteiger charge is 2.24. The first kappa shape index (κ1) is 14.7. The summed E-state index contributed by atoms with van der Waals surface area (Å²) in [7, 11) is -3.49. The minimum atomic E-state index is -3.49. The number of sulfonamides is 1. The van der Waals surface area contributed by atoms with E-state index in [1.165, 1.54) is 13.0 Å². The number of fused-ring (bicyclic) bond motifs is 1. The number of benzene rings is 1. The molecule has 1 heterocycles. The molecular formula is C14H18N2O3S. The Hall–Kier alpha value is -1.66. The summed E-state index contributed by atoms with van der Waals surface area (Å²) in [5.74, 6) is -0.0246. The topological polar surface area (TPSA) is 66.5 Å². The maximum absolute atomic E-state index is 12.1. The summed E-state index contributed by atoms with van der Waals surface area (Å²) in [6, 6.07) is 4.89. The molecule has 1 amide bonds. The fourth-order valence-electron chi connectivity index (χ4n) is 2.25. The highest BCUT2D eigenvalue weighted by molar-refractivity contribution is 7.89. The number of amides is 1. The Labute approximate surface area is 119 Å². The summed E-state index contributed by atoms with van der Waals surface area (Å²) in [6.45, 7) is 6.01. The molecule has 5 nitrogen and oxygen atoms in total. The maximum Gasteiger partial charge on any atom is 0.240 e. The van der Waals surface area contributed by atoms with Gasteiger partial charge < -0.3 is 4.90 Å². The number of nitrogens with zero attached hydrogens (tertiary/aromatic N) is 1. The van der Waals surface area contributed by atoms with Crippen LogP contribution in [0.5, 0.6) is 0 Å². The molecule has 0 unspecified atom stereocenters. The van der Waals surface area contributed by atoms with Crippen molar-refractivity contribution in [3.63, 3.8) is 0 Å². The van der Waals surface area contributed by atoms with Gasteiger partial charge in [-0.25, -0.2) is 13.1 Å². The molecule has 1 aromatic rings. The first-order valence-electron chi connectivity index (χ1n) is 6.47. The molecule has 1 aromatic carbocycles. The van der Waals surface area contributed by atoms with Crippen molar-refractivity contribution in [2.45, 2.75) is 24.7 Å². The van der Waals surface area contributed by atoms with Gasteiger partial charge in [0.1, 0.15) is 0 Å². The molecule has 1 N–H and O–H groups in total. The Bertz CT molecular complexity index is 638. The highest BCUT2D eigenvalue weighted by Crippen LogP contribution is 2.30. The van der Waals surface area contributed by atoms with Gasteiger partial charge in [-0.1, -0.05) is 6.08 Å². The lowest BCUT2D eigenvalue weighted by molar-refractivity contribution is -0.116.